The summed E-state index contributed by atoms with van der Waals surface area (Å²) in [5.41, 5.74) is 3.00. The van der Waals surface area contributed by atoms with Gasteiger partial charge in [0.1, 0.15) is 11.6 Å². The van der Waals surface area contributed by atoms with Crippen molar-refractivity contribution in [2.75, 3.05) is 36.5 Å². The van der Waals surface area contributed by atoms with E-state index in [1.165, 1.54) is 0 Å². The van der Waals surface area contributed by atoms with E-state index in [1.54, 1.807) is 4.68 Å². The highest BCUT2D eigenvalue weighted by atomic mass is 16.5. The minimum absolute atomic E-state index is 0.00744. The fourth-order valence-electron chi connectivity index (χ4n) is 3.98. The van der Waals surface area contributed by atoms with Crippen LogP contribution in [-0.4, -0.2) is 47.0 Å². The molecule has 0 spiro atoms. The van der Waals surface area contributed by atoms with Crippen LogP contribution in [0.4, 0.5) is 11.6 Å². The lowest BCUT2D eigenvalue weighted by atomic mass is 9.87. The van der Waals surface area contributed by atoms with Crippen LogP contribution >= 0.6 is 0 Å². The van der Waals surface area contributed by atoms with Crippen molar-refractivity contribution >= 4 is 17.5 Å². The number of carbonyl (C=O) groups is 1. The average molecular weight is 375 g/mol. The van der Waals surface area contributed by atoms with E-state index in [0.717, 1.165) is 41.5 Å². The van der Waals surface area contributed by atoms with E-state index in [4.69, 9.17) is 4.74 Å². The van der Waals surface area contributed by atoms with E-state index in [2.05, 4.69) is 26.4 Å². The quantitative estimate of drug-likeness (QED) is 0.762. The highest BCUT2D eigenvalue weighted by molar-refractivity contribution is 5.95. The summed E-state index contributed by atoms with van der Waals surface area (Å²) in [7, 11) is 0. The molecule has 2 aromatic heterocycles. The van der Waals surface area contributed by atoms with E-state index >= 15 is 0 Å². The number of rotatable bonds is 3. The Bertz CT molecular complexity index is 995. The van der Waals surface area contributed by atoms with Gasteiger partial charge in [0.15, 0.2) is 0 Å². The third-order valence-corrected chi connectivity index (χ3v) is 5.32. The number of para-hydroxylation sites is 1. The molecule has 4 heterocycles. The molecule has 0 bridgehead atoms. The number of fused-ring (bicyclic) bond motifs is 1. The van der Waals surface area contributed by atoms with Gasteiger partial charge in [0.2, 0.25) is 5.91 Å². The Labute approximate surface area is 163 Å². The first-order chi connectivity index (χ1) is 13.8. The summed E-state index contributed by atoms with van der Waals surface area (Å²) in [6.07, 6.45) is 4.06. The molecule has 0 aliphatic carbocycles. The van der Waals surface area contributed by atoms with Crippen molar-refractivity contribution in [3.63, 3.8) is 0 Å². The SMILES string of the molecule is O=C1C[C@@H](c2cccnc2N2CCOCC2)c2cnn(-c3ccccc3)c2N1. The molecule has 1 fully saturated rings. The molecule has 1 aromatic carbocycles. The predicted octanol–water partition coefficient (Wildman–Crippen LogP) is 2.58. The van der Waals surface area contributed by atoms with E-state index in [-0.39, 0.29) is 11.8 Å². The van der Waals surface area contributed by atoms with E-state index in [9.17, 15) is 4.79 Å². The fraction of sp³-hybridized carbons (Fsp3) is 0.286. The van der Waals surface area contributed by atoms with Gasteiger partial charge in [-0.1, -0.05) is 24.3 Å². The zero-order valence-electron chi connectivity index (χ0n) is 15.4. The smallest absolute Gasteiger partial charge is 0.226 e. The molecule has 1 atom stereocenters. The molecule has 142 valence electrons. The van der Waals surface area contributed by atoms with Gasteiger partial charge in [-0.15, -0.1) is 0 Å². The van der Waals surface area contributed by atoms with Crippen molar-refractivity contribution in [2.24, 2.45) is 0 Å². The Morgan fingerprint density at radius 3 is 2.68 bits per heavy atom. The van der Waals surface area contributed by atoms with Gasteiger partial charge in [0, 0.05) is 42.8 Å². The number of hydrogen-bond acceptors (Lipinski definition) is 5. The summed E-state index contributed by atoms with van der Waals surface area (Å²) < 4.78 is 7.28. The predicted molar refractivity (Wildman–Crippen MR) is 106 cm³/mol. The maximum Gasteiger partial charge on any atom is 0.226 e. The maximum atomic E-state index is 12.6. The molecule has 1 N–H and O–H groups in total. The molecule has 0 unspecified atom stereocenters. The van der Waals surface area contributed by atoms with E-state index < -0.39 is 0 Å². The van der Waals surface area contributed by atoms with Crippen LogP contribution in [0, 0.1) is 0 Å². The molecule has 7 heteroatoms. The Hall–Kier alpha value is -3.19. The molecule has 1 amide bonds. The third-order valence-electron chi connectivity index (χ3n) is 5.32. The molecular weight excluding hydrogens is 354 g/mol. The number of anilines is 2. The fourth-order valence-corrected chi connectivity index (χ4v) is 3.98. The lowest BCUT2D eigenvalue weighted by Crippen LogP contribution is -2.38. The van der Waals surface area contributed by atoms with Crippen LogP contribution in [0.3, 0.4) is 0 Å². The number of benzene rings is 1. The van der Waals surface area contributed by atoms with Gasteiger partial charge in [-0.3, -0.25) is 4.79 Å². The largest absolute Gasteiger partial charge is 0.378 e. The van der Waals surface area contributed by atoms with Gasteiger partial charge < -0.3 is 15.0 Å². The van der Waals surface area contributed by atoms with Crippen molar-refractivity contribution in [1.29, 1.82) is 0 Å². The van der Waals surface area contributed by atoms with Gasteiger partial charge in [-0.25, -0.2) is 9.67 Å². The van der Waals surface area contributed by atoms with Gasteiger partial charge >= 0.3 is 0 Å². The molecule has 1 saturated heterocycles. The van der Waals surface area contributed by atoms with Crippen molar-refractivity contribution in [1.82, 2.24) is 14.8 Å². The second-order valence-electron chi connectivity index (χ2n) is 7.02. The first-order valence-electron chi connectivity index (χ1n) is 9.52. The number of pyridine rings is 1. The summed E-state index contributed by atoms with van der Waals surface area (Å²) in [6, 6.07) is 13.9. The zero-order chi connectivity index (χ0) is 18.9. The Morgan fingerprint density at radius 1 is 1.04 bits per heavy atom. The van der Waals surface area contributed by atoms with Crippen molar-refractivity contribution in [3.8, 4) is 5.69 Å². The highest BCUT2D eigenvalue weighted by Gasteiger charge is 2.33. The van der Waals surface area contributed by atoms with Crippen molar-refractivity contribution in [2.45, 2.75) is 12.3 Å². The Kier molecular flexibility index (Phi) is 4.29. The number of carbonyl (C=O) groups excluding carboxylic acids is 1. The van der Waals surface area contributed by atoms with Crippen molar-refractivity contribution < 1.29 is 9.53 Å². The van der Waals surface area contributed by atoms with Crippen LogP contribution in [0.25, 0.3) is 5.69 Å². The van der Waals surface area contributed by atoms with Gasteiger partial charge in [0.25, 0.3) is 0 Å². The molecule has 5 rings (SSSR count). The summed E-state index contributed by atoms with van der Waals surface area (Å²) in [5, 5.41) is 7.58. The first-order valence-corrected chi connectivity index (χ1v) is 9.52. The lowest BCUT2D eigenvalue weighted by molar-refractivity contribution is -0.116. The van der Waals surface area contributed by atoms with E-state index in [1.807, 2.05) is 48.8 Å². The molecule has 2 aliphatic rings. The topological polar surface area (TPSA) is 72.3 Å². The van der Waals surface area contributed by atoms with Gasteiger partial charge in [-0.2, -0.15) is 5.10 Å². The number of nitrogens with one attached hydrogen (secondary N) is 1. The van der Waals surface area contributed by atoms with Crippen LogP contribution < -0.4 is 10.2 Å². The standard InChI is InChI=1S/C21H21N5O2/c27-19-13-17(16-7-4-8-22-20(16)25-9-11-28-12-10-25)18-14-23-26(21(18)24-19)15-5-2-1-3-6-15/h1-8,14,17H,9-13H2,(H,24,27)/t17-/m0/s1. The molecule has 0 radical (unpaired) electrons. The lowest BCUT2D eigenvalue weighted by Gasteiger charge is -2.32. The minimum atomic E-state index is -0.0762. The van der Waals surface area contributed by atoms with Gasteiger partial charge in [0.05, 0.1) is 25.1 Å². The molecular formula is C21H21N5O2. The number of nitrogens with zero attached hydrogens (tertiary/aromatic N) is 4. The number of aromatic nitrogens is 3. The van der Waals surface area contributed by atoms with Crippen LogP contribution in [0.15, 0.2) is 54.9 Å². The van der Waals surface area contributed by atoms with E-state index in [0.29, 0.717) is 19.6 Å². The van der Waals surface area contributed by atoms with Crippen molar-refractivity contribution in [3.05, 3.63) is 66.0 Å². The molecule has 0 saturated carbocycles. The minimum Gasteiger partial charge on any atom is -0.378 e. The molecule has 28 heavy (non-hydrogen) atoms. The molecule has 2 aliphatic heterocycles. The van der Waals surface area contributed by atoms with Gasteiger partial charge in [-0.05, 0) is 18.2 Å². The van der Waals surface area contributed by atoms with Crippen LogP contribution in [0.2, 0.25) is 0 Å². The summed E-state index contributed by atoms with van der Waals surface area (Å²) in [5.74, 6) is 1.59. The second kappa shape index (κ2) is 7.09. The average Bonchev–Trinajstić information content (AvgIpc) is 3.18. The number of morpholine rings is 1. The Balaban J connectivity index is 1.59. The zero-order valence-corrected chi connectivity index (χ0v) is 15.4. The summed E-state index contributed by atoms with van der Waals surface area (Å²) >= 11 is 0. The highest BCUT2D eigenvalue weighted by Crippen LogP contribution is 2.40. The maximum absolute atomic E-state index is 12.6. The molecule has 7 nitrogen and oxygen atoms in total. The normalized spacial score (nSPS) is 19.2. The first kappa shape index (κ1) is 16.9. The molecule has 3 aromatic rings. The Morgan fingerprint density at radius 2 is 1.86 bits per heavy atom. The summed E-state index contributed by atoms with van der Waals surface area (Å²) in [4.78, 5) is 19.5. The number of hydrogen-bond donors (Lipinski definition) is 1. The van der Waals surface area contributed by atoms with Crippen LogP contribution in [0.1, 0.15) is 23.5 Å². The number of amides is 1. The number of ether oxygens (including phenoxy) is 1. The second-order valence-corrected chi connectivity index (χ2v) is 7.02. The summed E-state index contributed by atoms with van der Waals surface area (Å²) in [6.45, 7) is 2.99. The van der Waals surface area contributed by atoms with Crippen LogP contribution in [-0.2, 0) is 9.53 Å². The monoisotopic (exact) mass is 375 g/mol. The third kappa shape index (κ3) is 2.93. The van der Waals surface area contributed by atoms with Crippen LogP contribution in [0.5, 0.6) is 0 Å².